The first-order chi connectivity index (χ1) is 6.79. The molecule has 2 aromatic rings. The van der Waals surface area contributed by atoms with Crippen LogP contribution in [0.3, 0.4) is 0 Å². The van der Waals surface area contributed by atoms with Crippen molar-refractivity contribution in [3.8, 4) is 11.6 Å². The molecule has 0 aliphatic heterocycles. The molecule has 0 saturated carbocycles. The zero-order valence-corrected chi connectivity index (χ0v) is 7.56. The summed E-state index contributed by atoms with van der Waals surface area (Å²) in [5, 5.41) is 0. The molecule has 0 unspecified atom stereocenters. The predicted molar refractivity (Wildman–Crippen MR) is 49.7 cm³/mol. The van der Waals surface area contributed by atoms with Crippen molar-refractivity contribution in [1.29, 1.82) is 0 Å². The van der Waals surface area contributed by atoms with E-state index in [9.17, 15) is 4.79 Å². The maximum atomic E-state index is 10.4. The van der Waals surface area contributed by atoms with Crippen molar-refractivity contribution in [1.82, 2.24) is 19.9 Å². The maximum absolute atomic E-state index is 10.4. The van der Waals surface area contributed by atoms with E-state index in [2.05, 4.69) is 19.9 Å². The van der Waals surface area contributed by atoms with Crippen LogP contribution in [0, 0.1) is 6.92 Å². The van der Waals surface area contributed by atoms with Crippen molar-refractivity contribution in [2.24, 2.45) is 0 Å². The molecule has 0 spiro atoms. The van der Waals surface area contributed by atoms with E-state index in [1.165, 1.54) is 6.20 Å². The lowest BCUT2D eigenvalue weighted by molar-refractivity contribution is 0.111. The van der Waals surface area contributed by atoms with E-state index >= 15 is 0 Å². The van der Waals surface area contributed by atoms with Crippen molar-refractivity contribution in [2.75, 3.05) is 0 Å². The van der Waals surface area contributed by atoms with Crippen LogP contribution in [0.1, 0.15) is 16.1 Å². The third kappa shape index (κ3) is 1.52. The van der Waals surface area contributed by atoms with E-state index in [4.69, 9.17) is 0 Å². The summed E-state index contributed by atoms with van der Waals surface area (Å²) >= 11 is 0. The molecule has 2 rings (SSSR count). The van der Waals surface area contributed by atoms with Crippen molar-refractivity contribution in [3.63, 3.8) is 0 Å². The number of nitrogens with zero attached hydrogens (tertiary/aromatic N) is 3. The Bertz CT molecular complexity index is 446. The van der Waals surface area contributed by atoms with Crippen LogP contribution >= 0.6 is 0 Å². The van der Waals surface area contributed by atoms with E-state index in [1.807, 2.05) is 6.92 Å². The molecule has 5 heteroatoms. The zero-order chi connectivity index (χ0) is 9.97. The molecule has 1 N–H and O–H groups in total. The number of aromatic amines is 1. The Hall–Kier alpha value is -2.04. The highest BCUT2D eigenvalue weighted by Gasteiger charge is 2.04. The summed E-state index contributed by atoms with van der Waals surface area (Å²) in [4.78, 5) is 25.3. The Labute approximate surface area is 80.2 Å². The molecule has 5 nitrogen and oxygen atoms in total. The Morgan fingerprint density at radius 1 is 1.21 bits per heavy atom. The normalized spacial score (nSPS) is 10.1. The molecule has 0 fully saturated rings. The highest BCUT2D eigenvalue weighted by Crippen LogP contribution is 2.08. The molecule has 0 aliphatic rings. The number of nitrogens with one attached hydrogen (secondary N) is 1. The van der Waals surface area contributed by atoms with Crippen molar-refractivity contribution >= 4 is 6.29 Å². The Morgan fingerprint density at radius 3 is 2.50 bits per heavy atom. The van der Waals surface area contributed by atoms with E-state index in [0.29, 0.717) is 23.6 Å². The molecule has 0 bridgehead atoms. The van der Waals surface area contributed by atoms with Crippen LogP contribution in [0.2, 0.25) is 0 Å². The third-order valence-corrected chi connectivity index (χ3v) is 1.72. The SMILES string of the molecule is Cc1cnc(-c2ncc(C=O)[nH]2)nc1. The van der Waals surface area contributed by atoms with E-state index < -0.39 is 0 Å². The molecular formula is C9H8N4O. The number of carbonyl (C=O) groups excluding carboxylic acids is 1. The number of imidazole rings is 1. The number of hydrogen-bond donors (Lipinski definition) is 1. The first kappa shape index (κ1) is 8.55. The Balaban J connectivity index is 2.39. The van der Waals surface area contributed by atoms with Crippen molar-refractivity contribution in [2.45, 2.75) is 6.92 Å². The fraction of sp³-hybridized carbons (Fsp3) is 0.111. The largest absolute Gasteiger partial charge is 0.333 e. The summed E-state index contributed by atoms with van der Waals surface area (Å²) in [6, 6.07) is 0. The maximum Gasteiger partial charge on any atom is 0.195 e. The van der Waals surface area contributed by atoms with Gasteiger partial charge < -0.3 is 4.98 Å². The number of aromatic nitrogens is 4. The van der Waals surface area contributed by atoms with Gasteiger partial charge in [-0.25, -0.2) is 15.0 Å². The van der Waals surface area contributed by atoms with Crippen LogP contribution in [-0.4, -0.2) is 26.2 Å². The van der Waals surface area contributed by atoms with Gasteiger partial charge in [0.25, 0.3) is 0 Å². The fourth-order valence-corrected chi connectivity index (χ4v) is 1.02. The van der Waals surface area contributed by atoms with Gasteiger partial charge in [0, 0.05) is 12.4 Å². The molecule has 0 aliphatic carbocycles. The smallest absolute Gasteiger partial charge is 0.195 e. The number of aldehydes is 1. The molecule has 0 aromatic carbocycles. The predicted octanol–water partition coefficient (Wildman–Crippen LogP) is 0.988. The second-order valence-corrected chi connectivity index (χ2v) is 2.89. The number of aryl methyl sites for hydroxylation is 1. The van der Waals surface area contributed by atoms with E-state index in [1.54, 1.807) is 12.4 Å². The summed E-state index contributed by atoms with van der Waals surface area (Å²) in [5.74, 6) is 0.996. The summed E-state index contributed by atoms with van der Waals surface area (Å²) < 4.78 is 0. The van der Waals surface area contributed by atoms with Gasteiger partial charge in [0.15, 0.2) is 17.9 Å². The van der Waals surface area contributed by atoms with Crippen LogP contribution in [0.15, 0.2) is 18.6 Å². The minimum absolute atomic E-state index is 0.421. The van der Waals surface area contributed by atoms with Crippen LogP contribution in [0.4, 0.5) is 0 Å². The molecule has 2 aromatic heterocycles. The quantitative estimate of drug-likeness (QED) is 0.713. The van der Waals surface area contributed by atoms with Gasteiger partial charge in [0.2, 0.25) is 0 Å². The lowest BCUT2D eigenvalue weighted by Crippen LogP contribution is -1.91. The van der Waals surface area contributed by atoms with Gasteiger partial charge in [0.1, 0.15) is 0 Å². The first-order valence-electron chi connectivity index (χ1n) is 4.09. The summed E-state index contributed by atoms with van der Waals surface area (Å²) in [7, 11) is 0. The van der Waals surface area contributed by atoms with Gasteiger partial charge in [-0.1, -0.05) is 0 Å². The second-order valence-electron chi connectivity index (χ2n) is 2.89. The van der Waals surface area contributed by atoms with Crippen LogP contribution in [0.5, 0.6) is 0 Å². The standard InChI is InChI=1S/C9H8N4O/c1-6-2-10-8(11-3-6)9-12-4-7(5-14)13-9/h2-5H,1H3,(H,12,13). The third-order valence-electron chi connectivity index (χ3n) is 1.72. The van der Waals surface area contributed by atoms with Gasteiger partial charge in [-0.15, -0.1) is 0 Å². The lowest BCUT2D eigenvalue weighted by atomic mass is 10.4. The molecule has 14 heavy (non-hydrogen) atoms. The van der Waals surface area contributed by atoms with Crippen molar-refractivity contribution in [3.05, 3.63) is 29.8 Å². The van der Waals surface area contributed by atoms with E-state index in [-0.39, 0.29) is 0 Å². The highest BCUT2D eigenvalue weighted by atomic mass is 16.1. The minimum atomic E-state index is 0.421. The summed E-state index contributed by atoms with van der Waals surface area (Å²) in [5.41, 5.74) is 1.40. The number of hydrogen-bond acceptors (Lipinski definition) is 4. The molecule has 0 saturated heterocycles. The van der Waals surface area contributed by atoms with Crippen molar-refractivity contribution < 1.29 is 4.79 Å². The second kappa shape index (κ2) is 3.37. The topological polar surface area (TPSA) is 71.5 Å². The Kier molecular flexibility index (Phi) is 2.06. The average Bonchev–Trinajstić information content (AvgIpc) is 2.67. The Morgan fingerprint density at radius 2 is 1.93 bits per heavy atom. The minimum Gasteiger partial charge on any atom is -0.333 e. The summed E-state index contributed by atoms with van der Waals surface area (Å²) in [6.45, 7) is 1.91. The summed E-state index contributed by atoms with van der Waals surface area (Å²) in [6.07, 6.45) is 5.55. The molecule has 70 valence electrons. The van der Waals surface area contributed by atoms with Crippen LogP contribution in [0.25, 0.3) is 11.6 Å². The molecule has 0 amide bonds. The van der Waals surface area contributed by atoms with Gasteiger partial charge in [-0.05, 0) is 12.5 Å². The molecule has 2 heterocycles. The molecule has 0 atom stereocenters. The number of carbonyl (C=O) groups is 1. The molecular weight excluding hydrogens is 180 g/mol. The van der Waals surface area contributed by atoms with Gasteiger partial charge >= 0.3 is 0 Å². The van der Waals surface area contributed by atoms with Gasteiger partial charge in [0.05, 0.1) is 11.9 Å². The number of H-pyrrole nitrogens is 1. The first-order valence-corrected chi connectivity index (χ1v) is 4.09. The van der Waals surface area contributed by atoms with E-state index in [0.717, 1.165) is 5.56 Å². The van der Waals surface area contributed by atoms with Crippen LogP contribution < -0.4 is 0 Å². The zero-order valence-electron chi connectivity index (χ0n) is 7.56. The fourth-order valence-electron chi connectivity index (χ4n) is 1.02. The van der Waals surface area contributed by atoms with Crippen LogP contribution in [-0.2, 0) is 0 Å². The van der Waals surface area contributed by atoms with Gasteiger partial charge in [-0.2, -0.15) is 0 Å². The van der Waals surface area contributed by atoms with Gasteiger partial charge in [-0.3, -0.25) is 4.79 Å². The monoisotopic (exact) mass is 188 g/mol. The number of rotatable bonds is 2. The average molecular weight is 188 g/mol. The highest BCUT2D eigenvalue weighted by molar-refractivity contribution is 5.72. The molecule has 0 radical (unpaired) electrons. The lowest BCUT2D eigenvalue weighted by Gasteiger charge is -1.94.